The zero-order valence-electron chi connectivity index (χ0n) is 31.7. The fraction of sp³-hybridized carbons (Fsp3) is 0.727. The van der Waals surface area contributed by atoms with Crippen LogP contribution in [0.2, 0.25) is 36.3 Å². The third kappa shape index (κ3) is 10.5. The van der Waals surface area contributed by atoms with Crippen LogP contribution in [0.25, 0.3) is 0 Å². The van der Waals surface area contributed by atoms with E-state index in [-0.39, 0.29) is 46.7 Å². The third-order valence-corrected chi connectivity index (χ3v) is 19.1. The van der Waals surface area contributed by atoms with Gasteiger partial charge in [0.1, 0.15) is 18.6 Å². The summed E-state index contributed by atoms with van der Waals surface area (Å²) in [7, 11) is -3.93. The van der Waals surface area contributed by atoms with Crippen molar-refractivity contribution in [1.82, 2.24) is 19.1 Å². The second-order valence-corrected chi connectivity index (χ2v) is 25.5. The molecule has 50 heavy (non-hydrogen) atoms. The van der Waals surface area contributed by atoms with Crippen molar-refractivity contribution in [2.45, 2.75) is 148 Å². The normalized spacial score (nSPS) is 24.1. The monoisotopic (exact) mass is 740 g/mol. The van der Waals surface area contributed by atoms with Crippen LogP contribution in [0.15, 0.2) is 31.6 Å². The molecule has 2 saturated heterocycles. The van der Waals surface area contributed by atoms with E-state index in [1.807, 2.05) is 6.92 Å². The van der Waals surface area contributed by atoms with Gasteiger partial charge in [-0.25, -0.2) is 9.59 Å². The highest BCUT2D eigenvalue weighted by Gasteiger charge is 2.46. The first kappa shape index (κ1) is 43.1. The molecule has 4 rings (SSSR count). The number of hydrogen-bond acceptors (Lipinski definition) is 11. The Labute approximate surface area is 294 Å². The number of aliphatic hydroxyl groups excluding tert-OH is 1. The molecule has 0 spiro atoms. The van der Waals surface area contributed by atoms with Crippen LogP contribution in [-0.4, -0.2) is 78.0 Å². The van der Waals surface area contributed by atoms with Crippen LogP contribution in [-0.2, 0) is 27.9 Å². The summed E-state index contributed by atoms with van der Waals surface area (Å²) in [6, 6.07) is 0. The molecular weight excluding hydrogens is 685 g/mol. The van der Waals surface area contributed by atoms with Gasteiger partial charge in [0.2, 0.25) is 0 Å². The maximum Gasteiger partial charge on any atom is 0.373 e. The van der Waals surface area contributed by atoms with Crippen LogP contribution in [0, 0.1) is 13.8 Å². The summed E-state index contributed by atoms with van der Waals surface area (Å²) < 4.78 is 27.4. The first-order chi connectivity index (χ1) is 22.8. The molecule has 3 N–H and O–H groups in total. The van der Waals surface area contributed by atoms with Crippen LogP contribution in [0.5, 0.6) is 0 Å². The summed E-state index contributed by atoms with van der Waals surface area (Å²) in [6.45, 7) is 26.9. The number of aliphatic hydroxyl groups is 1. The number of aromatic amines is 2. The summed E-state index contributed by atoms with van der Waals surface area (Å²) in [4.78, 5) is 68.0. The molecule has 2 aliphatic rings. The summed E-state index contributed by atoms with van der Waals surface area (Å²) in [5.41, 5.74) is -0.776. The number of rotatable bonds is 7. The summed E-state index contributed by atoms with van der Waals surface area (Å²) in [5.74, 6) is 0. The average Bonchev–Trinajstić information content (AvgIpc) is 3.54. The molecule has 2 aromatic heterocycles. The molecule has 6 atom stereocenters. The minimum Gasteiger partial charge on any atom is -0.411 e. The van der Waals surface area contributed by atoms with Gasteiger partial charge in [-0.3, -0.25) is 28.7 Å². The zero-order chi connectivity index (χ0) is 38.6. The van der Waals surface area contributed by atoms with Gasteiger partial charge in [-0.05, 0) is 57.0 Å². The number of nitrogens with zero attached hydrogens (tertiary/aromatic N) is 2. The predicted molar refractivity (Wildman–Crippen MR) is 191 cm³/mol. The number of hydrogen-bond donors (Lipinski definition) is 3. The number of aryl methyl sites for hydroxylation is 2. The third-order valence-electron chi connectivity index (χ3n) is 10.1. The highest BCUT2D eigenvalue weighted by molar-refractivity contribution is 6.74. The topological polar surface area (TPSA) is 201 Å². The summed E-state index contributed by atoms with van der Waals surface area (Å²) in [6.07, 6.45) is 2.53. The highest BCUT2D eigenvalue weighted by atomic mass is 28.4. The van der Waals surface area contributed by atoms with E-state index < -0.39 is 52.1 Å². The maximum atomic E-state index is 12.1. The quantitative estimate of drug-likeness (QED) is 0.351. The molecule has 0 aliphatic carbocycles. The molecule has 282 valence electrons. The predicted octanol–water partition coefficient (Wildman–Crippen LogP) is 3.47. The Morgan fingerprint density at radius 3 is 1.52 bits per heavy atom. The fourth-order valence-corrected chi connectivity index (χ4v) is 7.73. The lowest BCUT2D eigenvalue weighted by Crippen LogP contribution is -2.46. The minimum absolute atomic E-state index is 0.0382. The number of ether oxygens (including phenoxy) is 2. The molecule has 2 fully saturated rings. The smallest absolute Gasteiger partial charge is 0.373 e. The molecule has 0 radical (unpaired) electrons. The Hall–Kier alpha value is -3.03. The van der Waals surface area contributed by atoms with Gasteiger partial charge in [0.25, 0.3) is 11.1 Å². The van der Waals surface area contributed by atoms with Gasteiger partial charge >= 0.3 is 17.5 Å². The molecule has 2 unspecified atom stereocenters. The van der Waals surface area contributed by atoms with Crippen LogP contribution < -0.4 is 22.5 Å². The molecule has 0 saturated carbocycles. The van der Waals surface area contributed by atoms with Gasteiger partial charge in [-0.1, -0.05) is 41.5 Å². The minimum atomic E-state index is -2.03. The van der Waals surface area contributed by atoms with E-state index in [1.165, 1.54) is 15.3 Å². The molecule has 2 aromatic rings. The van der Waals surface area contributed by atoms with E-state index in [2.05, 4.69) is 77.7 Å². The Balaban J connectivity index is 0.000000322. The Bertz CT molecular complexity index is 1730. The molecule has 17 heteroatoms. The van der Waals surface area contributed by atoms with E-state index in [0.717, 1.165) is 0 Å². The fourth-order valence-electron chi connectivity index (χ4n) is 4.97. The van der Waals surface area contributed by atoms with Crippen LogP contribution in [0.1, 0.15) is 84.9 Å². The Morgan fingerprint density at radius 1 is 0.780 bits per heavy atom. The first-order valence-electron chi connectivity index (χ1n) is 16.7. The maximum absolute atomic E-state index is 12.1. The Morgan fingerprint density at radius 2 is 1.14 bits per heavy atom. The second kappa shape index (κ2) is 16.5. The highest BCUT2D eigenvalue weighted by Crippen LogP contribution is 2.42. The number of nitrogens with one attached hydrogen (secondary N) is 2. The van der Waals surface area contributed by atoms with Gasteiger partial charge in [0.15, 0.2) is 16.6 Å². The van der Waals surface area contributed by atoms with Gasteiger partial charge in [0, 0.05) is 36.4 Å². The van der Waals surface area contributed by atoms with Crippen molar-refractivity contribution in [3.05, 3.63) is 65.2 Å². The largest absolute Gasteiger partial charge is 0.411 e. The van der Waals surface area contributed by atoms with Gasteiger partial charge in [-0.15, -0.1) is 0 Å². The molecule has 0 amide bonds. The first-order valence-corrected chi connectivity index (χ1v) is 22.5. The van der Waals surface area contributed by atoms with Gasteiger partial charge in [-0.2, -0.15) is 9.59 Å². The average molecular weight is 741 g/mol. The number of aromatic nitrogens is 4. The van der Waals surface area contributed by atoms with E-state index in [4.69, 9.17) is 27.9 Å². The lowest BCUT2D eigenvalue weighted by molar-refractivity contribution is -0.191. The van der Waals surface area contributed by atoms with E-state index in [1.54, 1.807) is 20.0 Å². The Kier molecular flexibility index (Phi) is 14.3. The lowest BCUT2D eigenvalue weighted by Gasteiger charge is -2.39. The van der Waals surface area contributed by atoms with Gasteiger partial charge < -0.3 is 23.4 Å². The van der Waals surface area contributed by atoms with Crippen molar-refractivity contribution in [2.75, 3.05) is 6.61 Å². The second-order valence-electron chi connectivity index (χ2n) is 16.0. The van der Waals surface area contributed by atoms with Crippen molar-refractivity contribution in [3.8, 4) is 0 Å². The lowest BCUT2D eigenvalue weighted by atomic mass is 10.2. The molecule has 15 nitrogen and oxygen atoms in total. The molecule has 0 bridgehead atoms. The molecule has 2 aliphatic heterocycles. The van der Waals surface area contributed by atoms with Crippen molar-refractivity contribution in [1.29, 1.82) is 0 Å². The van der Waals surface area contributed by atoms with E-state index in [0.29, 0.717) is 24.0 Å². The zero-order valence-corrected chi connectivity index (χ0v) is 33.7. The van der Waals surface area contributed by atoms with Gasteiger partial charge in [0.05, 0.1) is 24.9 Å². The molecular formula is C33H56N4O11Si2. The SMILES string of the molecule is Cc1cn([C@H]2CC(O[Si](C)(C)C(C)(C)C)[C@@H](C)O2)c(=O)[nH]c1=O.Cc1cn([C@H]2CC(O[Si](C)(C)C(C)(C)C)[C@@H](CO)O2)c(=O)[nH]c1=O.O=C=O. The van der Waals surface area contributed by atoms with Crippen molar-refractivity contribution in [2.24, 2.45) is 0 Å². The number of H-pyrrole nitrogens is 2. The van der Waals surface area contributed by atoms with E-state index in [9.17, 15) is 24.3 Å². The van der Waals surface area contributed by atoms with Crippen LogP contribution in [0.3, 0.4) is 0 Å². The molecule has 4 heterocycles. The van der Waals surface area contributed by atoms with E-state index >= 15 is 0 Å². The van der Waals surface area contributed by atoms with Crippen molar-refractivity contribution in [3.63, 3.8) is 0 Å². The van der Waals surface area contributed by atoms with Crippen molar-refractivity contribution >= 4 is 22.8 Å². The van der Waals surface area contributed by atoms with Crippen LogP contribution in [0.4, 0.5) is 0 Å². The summed E-state index contributed by atoms with van der Waals surface area (Å²) in [5, 5.41) is 9.79. The number of carbonyl (C=O) groups excluding carboxylic acids is 2. The molecule has 0 aromatic carbocycles. The standard InChI is InChI=1S/C16H28N2O5Si.C16H28N2O4Si.CO2/c1-10-8-18(15(21)17-14(10)20)13-7-11(12(9-19)22-13)23-24(5,6)16(2,3)4;1-10-9-18(15(20)17-14(10)19)13-8-12(11(2)21-13)22-23(6,7)16(3,4)5;2-1-3/h8,11-13,19H,7,9H2,1-6H3,(H,17,20,21);9,11-13H,8H2,1-7H3,(H,17,19,20);/t11?,12-,13-;11-,12?,13-;/m11./s1. The van der Waals surface area contributed by atoms with Crippen molar-refractivity contribution < 1.29 is 33.0 Å². The van der Waals surface area contributed by atoms with Crippen LogP contribution >= 0.6 is 0 Å². The summed E-state index contributed by atoms with van der Waals surface area (Å²) >= 11 is 0.